The van der Waals surface area contributed by atoms with Gasteiger partial charge in [-0.25, -0.2) is 4.99 Å². The molecule has 1 aromatic heterocycles. The molecule has 3 atom stereocenters. The zero-order chi connectivity index (χ0) is 22.5. The summed E-state index contributed by atoms with van der Waals surface area (Å²) >= 11 is 1.29. The molecule has 2 aromatic carbocycles. The quantitative estimate of drug-likeness (QED) is 0.570. The Labute approximate surface area is 188 Å². The van der Waals surface area contributed by atoms with Crippen LogP contribution in [-0.2, 0) is 9.53 Å². The molecule has 2 bridgehead atoms. The number of hydrogen-bond acceptors (Lipinski definition) is 7. The molecule has 3 aromatic rings. The summed E-state index contributed by atoms with van der Waals surface area (Å²) < 4.78 is 18.9. The number of benzene rings is 2. The third kappa shape index (κ3) is 3.14. The largest absolute Gasteiger partial charge is 0.497 e. The number of fused-ring (bicyclic) bond motifs is 6. The van der Waals surface area contributed by atoms with Crippen LogP contribution in [-0.4, -0.2) is 30.0 Å². The SMILES string of the molecule is CCOC(=O)[C@H]1[C@H]2c3ccccc3O[C@@]1(C)N=c1s/c(=C/c3ccc(OC)cc3)c(=O)n12. The predicted molar refractivity (Wildman–Crippen MR) is 120 cm³/mol. The maximum atomic E-state index is 13.5. The van der Waals surface area contributed by atoms with Crippen molar-refractivity contribution in [1.82, 2.24) is 4.57 Å². The molecule has 32 heavy (non-hydrogen) atoms. The molecule has 2 aliphatic heterocycles. The van der Waals surface area contributed by atoms with Gasteiger partial charge in [0.25, 0.3) is 5.56 Å². The van der Waals surface area contributed by atoms with Gasteiger partial charge in [-0.05, 0) is 43.7 Å². The van der Waals surface area contributed by atoms with Gasteiger partial charge in [0.05, 0.1) is 24.3 Å². The molecule has 0 spiro atoms. The molecule has 7 nitrogen and oxygen atoms in total. The van der Waals surface area contributed by atoms with Crippen molar-refractivity contribution in [2.75, 3.05) is 13.7 Å². The lowest BCUT2D eigenvalue weighted by Crippen LogP contribution is -2.58. The molecule has 5 rings (SSSR count). The van der Waals surface area contributed by atoms with E-state index in [1.54, 1.807) is 25.5 Å². The zero-order valence-corrected chi connectivity index (χ0v) is 18.7. The van der Waals surface area contributed by atoms with Gasteiger partial charge in [-0.15, -0.1) is 0 Å². The molecule has 0 aliphatic carbocycles. The minimum absolute atomic E-state index is 0.192. The highest BCUT2D eigenvalue weighted by Gasteiger charge is 2.55. The summed E-state index contributed by atoms with van der Waals surface area (Å²) in [6.07, 6.45) is 1.83. The normalized spacial score (nSPS) is 23.4. The fourth-order valence-electron chi connectivity index (χ4n) is 4.39. The molecule has 0 amide bonds. The lowest BCUT2D eigenvalue weighted by atomic mass is 9.81. The van der Waals surface area contributed by atoms with Crippen LogP contribution in [0.15, 0.2) is 58.3 Å². The van der Waals surface area contributed by atoms with Crippen molar-refractivity contribution < 1.29 is 19.0 Å². The number of thiazole rings is 1. The highest BCUT2D eigenvalue weighted by molar-refractivity contribution is 7.07. The molecule has 0 radical (unpaired) electrons. The average Bonchev–Trinajstić information content (AvgIpc) is 3.07. The average molecular weight is 451 g/mol. The number of ether oxygens (including phenoxy) is 3. The molecule has 0 saturated carbocycles. The second-order valence-corrected chi connectivity index (χ2v) is 8.83. The summed E-state index contributed by atoms with van der Waals surface area (Å²) in [5.41, 5.74) is 0.285. The Morgan fingerprint density at radius 3 is 2.72 bits per heavy atom. The van der Waals surface area contributed by atoms with Crippen LogP contribution in [0.2, 0.25) is 0 Å². The van der Waals surface area contributed by atoms with E-state index in [1.165, 1.54) is 11.3 Å². The monoisotopic (exact) mass is 450 g/mol. The van der Waals surface area contributed by atoms with Crippen LogP contribution in [0, 0.1) is 5.92 Å². The number of para-hydroxylation sites is 1. The highest BCUT2D eigenvalue weighted by atomic mass is 32.1. The second-order valence-electron chi connectivity index (χ2n) is 7.82. The van der Waals surface area contributed by atoms with Crippen LogP contribution in [0.4, 0.5) is 0 Å². The van der Waals surface area contributed by atoms with Gasteiger partial charge in [0.2, 0.25) is 5.72 Å². The number of rotatable bonds is 4. The molecule has 164 valence electrons. The summed E-state index contributed by atoms with van der Waals surface area (Å²) in [6.45, 7) is 3.77. The van der Waals surface area contributed by atoms with Crippen molar-refractivity contribution in [2.45, 2.75) is 25.6 Å². The second kappa shape index (κ2) is 7.63. The molecule has 0 saturated heterocycles. The summed E-state index contributed by atoms with van der Waals surface area (Å²) in [5.74, 6) is 0.162. The van der Waals surface area contributed by atoms with E-state index >= 15 is 0 Å². The smallest absolute Gasteiger partial charge is 0.317 e. The van der Waals surface area contributed by atoms with E-state index in [2.05, 4.69) is 0 Å². The Morgan fingerprint density at radius 1 is 1.25 bits per heavy atom. The molecular weight excluding hydrogens is 428 g/mol. The Morgan fingerprint density at radius 2 is 2.00 bits per heavy atom. The van der Waals surface area contributed by atoms with Gasteiger partial charge in [-0.1, -0.05) is 41.7 Å². The fourth-order valence-corrected chi connectivity index (χ4v) is 5.49. The van der Waals surface area contributed by atoms with Crippen LogP contribution in [0.3, 0.4) is 0 Å². The van der Waals surface area contributed by atoms with E-state index in [4.69, 9.17) is 19.2 Å². The van der Waals surface area contributed by atoms with Crippen molar-refractivity contribution in [3.63, 3.8) is 0 Å². The number of aromatic nitrogens is 1. The van der Waals surface area contributed by atoms with Crippen molar-refractivity contribution in [3.05, 3.63) is 79.3 Å². The first-order chi connectivity index (χ1) is 15.4. The molecule has 3 heterocycles. The standard InChI is InChI=1S/C24H22N2O5S/c1-4-30-22(28)19-20-16-7-5-6-8-17(16)31-24(19,2)25-23-26(20)21(27)18(32-23)13-14-9-11-15(29-3)12-10-14/h5-13,19-20H,4H2,1-3H3/b18-13+/t19-,20-,24-/m1/s1. The van der Waals surface area contributed by atoms with E-state index in [9.17, 15) is 9.59 Å². The third-order valence-electron chi connectivity index (χ3n) is 5.83. The van der Waals surface area contributed by atoms with Crippen LogP contribution < -0.4 is 24.4 Å². The Kier molecular flexibility index (Phi) is 4.89. The highest BCUT2D eigenvalue weighted by Crippen LogP contribution is 2.47. The lowest BCUT2D eigenvalue weighted by Gasteiger charge is -2.44. The lowest BCUT2D eigenvalue weighted by molar-refractivity contribution is -0.160. The molecule has 8 heteroatoms. The first-order valence-corrected chi connectivity index (χ1v) is 11.2. The van der Waals surface area contributed by atoms with Crippen molar-refractivity contribution in [3.8, 4) is 11.5 Å². The summed E-state index contributed by atoms with van der Waals surface area (Å²) in [6, 6.07) is 14.4. The molecule has 0 fully saturated rings. The summed E-state index contributed by atoms with van der Waals surface area (Å²) in [7, 11) is 1.61. The Hall–Kier alpha value is -3.39. The van der Waals surface area contributed by atoms with Gasteiger partial charge in [-0.2, -0.15) is 0 Å². The van der Waals surface area contributed by atoms with Crippen molar-refractivity contribution in [1.29, 1.82) is 0 Å². The molecule has 0 N–H and O–H groups in total. The molecule has 0 unspecified atom stereocenters. The number of esters is 1. The van der Waals surface area contributed by atoms with Gasteiger partial charge in [0.15, 0.2) is 4.80 Å². The van der Waals surface area contributed by atoms with E-state index in [-0.39, 0.29) is 12.2 Å². The molecule has 2 aliphatic rings. The number of carbonyl (C=O) groups excluding carboxylic acids is 1. The number of carbonyl (C=O) groups is 1. The third-order valence-corrected chi connectivity index (χ3v) is 6.82. The van der Waals surface area contributed by atoms with Gasteiger partial charge in [0.1, 0.15) is 17.4 Å². The number of nitrogens with zero attached hydrogens (tertiary/aromatic N) is 2. The van der Waals surface area contributed by atoms with E-state index < -0.39 is 23.7 Å². The van der Waals surface area contributed by atoms with Gasteiger partial charge in [-0.3, -0.25) is 14.2 Å². The first-order valence-electron chi connectivity index (χ1n) is 10.4. The van der Waals surface area contributed by atoms with Gasteiger partial charge in [0, 0.05) is 5.56 Å². The summed E-state index contributed by atoms with van der Waals surface area (Å²) in [5, 5.41) is 0. The molecular formula is C24H22N2O5S. The minimum Gasteiger partial charge on any atom is -0.497 e. The van der Waals surface area contributed by atoms with Crippen LogP contribution in [0.1, 0.15) is 31.0 Å². The maximum Gasteiger partial charge on any atom is 0.317 e. The van der Waals surface area contributed by atoms with Crippen molar-refractivity contribution in [2.24, 2.45) is 10.9 Å². The summed E-state index contributed by atoms with van der Waals surface area (Å²) in [4.78, 5) is 31.8. The fraction of sp³-hybridized carbons (Fsp3) is 0.292. The first kappa shape index (κ1) is 20.5. The van der Waals surface area contributed by atoms with Crippen LogP contribution in [0.25, 0.3) is 6.08 Å². The van der Waals surface area contributed by atoms with Gasteiger partial charge >= 0.3 is 5.97 Å². The number of methoxy groups -OCH3 is 1. The van der Waals surface area contributed by atoms with Crippen molar-refractivity contribution >= 4 is 23.4 Å². The number of hydrogen-bond donors (Lipinski definition) is 0. The maximum absolute atomic E-state index is 13.5. The van der Waals surface area contributed by atoms with E-state index in [0.29, 0.717) is 15.1 Å². The predicted octanol–water partition coefficient (Wildman–Crippen LogP) is 2.26. The Bertz CT molecular complexity index is 1370. The van der Waals surface area contributed by atoms with Gasteiger partial charge < -0.3 is 14.2 Å². The van der Waals surface area contributed by atoms with E-state index in [0.717, 1.165) is 16.9 Å². The topological polar surface area (TPSA) is 79.1 Å². The zero-order valence-electron chi connectivity index (χ0n) is 17.9. The van der Waals surface area contributed by atoms with Crippen LogP contribution in [0.5, 0.6) is 11.5 Å². The van der Waals surface area contributed by atoms with E-state index in [1.807, 2.05) is 54.6 Å². The Balaban J connectivity index is 1.73. The minimum atomic E-state index is -1.17. The van der Waals surface area contributed by atoms with Crippen LogP contribution >= 0.6 is 11.3 Å².